The molecule has 8 heteroatoms. The molecule has 2 aromatic heterocycles. The molecule has 2 aliphatic heterocycles. The monoisotopic (exact) mass is 543 g/mol. The van der Waals surface area contributed by atoms with E-state index in [-0.39, 0.29) is 12.1 Å². The number of rotatable bonds is 5. The summed E-state index contributed by atoms with van der Waals surface area (Å²) in [6.07, 6.45) is 1.84. The second-order valence-corrected chi connectivity index (χ2v) is 10.6. The van der Waals surface area contributed by atoms with Gasteiger partial charge in [0.15, 0.2) is 5.11 Å². The number of benzene rings is 2. The maximum Gasteiger partial charge on any atom is 0.174 e. The number of hydrogen-bond donors (Lipinski definition) is 1. The van der Waals surface area contributed by atoms with E-state index in [1.807, 2.05) is 30.5 Å². The van der Waals surface area contributed by atoms with E-state index in [0.29, 0.717) is 5.11 Å². The first-order valence-electron chi connectivity index (χ1n) is 12.9. The molecule has 1 N–H and O–H groups in total. The van der Waals surface area contributed by atoms with Crippen molar-refractivity contribution >= 4 is 40.3 Å². The number of pyridine rings is 1. The van der Waals surface area contributed by atoms with Crippen LogP contribution in [0.1, 0.15) is 34.7 Å². The zero-order valence-electron chi connectivity index (χ0n) is 21.5. The molecule has 0 spiro atoms. The van der Waals surface area contributed by atoms with Crippen LogP contribution in [0, 0.1) is 13.8 Å². The number of ether oxygens (including phenoxy) is 1. The molecule has 2 aromatic carbocycles. The predicted octanol–water partition coefficient (Wildman–Crippen LogP) is 6.16. The molecule has 6 nitrogen and oxygen atoms in total. The SMILES string of the molecule is Cc1cc([C@@H]2[C@H](c3ccccn3)NC(=S)N2c2ccc(N3CCOCC3)cc2)c(C)n1-c1ccc(Cl)cc1. The van der Waals surface area contributed by atoms with E-state index in [1.54, 1.807) is 0 Å². The van der Waals surface area contributed by atoms with Crippen molar-refractivity contribution in [2.75, 3.05) is 36.1 Å². The number of morpholine rings is 1. The Morgan fingerprint density at radius 1 is 0.921 bits per heavy atom. The van der Waals surface area contributed by atoms with Gasteiger partial charge in [-0.15, -0.1) is 0 Å². The van der Waals surface area contributed by atoms with Crippen LogP contribution in [-0.2, 0) is 4.74 Å². The Balaban J connectivity index is 1.43. The third kappa shape index (κ3) is 4.55. The van der Waals surface area contributed by atoms with Crippen LogP contribution in [0.2, 0.25) is 5.02 Å². The second-order valence-electron chi connectivity index (χ2n) is 9.75. The molecule has 0 saturated carbocycles. The summed E-state index contributed by atoms with van der Waals surface area (Å²) >= 11 is 12.1. The Morgan fingerprint density at radius 2 is 1.61 bits per heavy atom. The van der Waals surface area contributed by atoms with Crippen molar-refractivity contribution < 1.29 is 4.74 Å². The third-order valence-corrected chi connectivity index (χ3v) is 8.04. The molecule has 4 aromatic rings. The molecule has 2 saturated heterocycles. The standard InChI is InChI=1S/C30H30ClN5OS/c1-20-19-26(21(2)35(20)24-8-6-22(31)7-9-24)29-28(27-5-3-4-14-32-27)33-30(38)36(29)25-12-10-23(11-13-25)34-15-17-37-18-16-34/h3-14,19,28-29H,15-18H2,1-2H3,(H,33,38)/t28-,29+/m0/s1. The normalized spacial score (nSPS) is 19.6. The minimum Gasteiger partial charge on any atom is -0.378 e. The number of aromatic nitrogens is 2. The number of hydrogen-bond acceptors (Lipinski definition) is 4. The molecule has 38 heavy (non-hydrogen) atoms. The molecule has 0 aliphatic carbocycles. The lowest BCUT2D eigenvalue weighted by Gasteiger charge is -2.31. The molecule has 194 valence electrons. The summed E-state index contributed by atoms with van der Waals surface area (Å²) in [5, 5.41) is 5.01. The quantitative estimate of drug-likeness (QED) is 0.304. The Labute approximate surface area is 233 Å². The van der Waals surface area contributed by atoms with Crippen molar-refractivity contribution in [3.63, 3.8) is 0 Å². The van der Waals surface area contributed by atoms with Crippen LogP contribution in [0.4, 0.5) is 11.4 Å². The van der Waals surface area contributed by atoms with Crippen molar-refractivity contribution in [3.8, 4) is 5.69 Å². The minimum absolute atomic E-state index is 0.0705. The first-order chi connectivity index (χ1) is 18.5. The van der Waals surface area contributed by atoms with Crippen LogP contribution in [0.25, 0.3) is 5.69 Å². The molecule has 0 radical (unpaired) electrons. The molecular formula is C30H30ClN5OS. The maximum absolute atomic E-state index is 6.18. The number of nitrogens with one attached hydrogen (secondary N) is 1. The highest BCUT2D eigenvalue weighted by Crippen LogP contribution is 2.44. The average Bonchev–Trinajstić information content (AvgIpc) is 3.45. The van der Waals surface area contributed by atoms with Crippen molar-refractivity contribution in [1.29, 1.82) is 0 Å². The Bertz CT molecular complexity index is 1430. The van der Waals surface area contributed by atoms with Crippen molar-refractivity contribution in [3.05, 3.63) is 107 Å². The molecule has 4 heterocycles. The maximum atomic E-state index is 6.18. The van der Waals surface area contributed by atoms with Gasteiger partial charge in [0.25, 0.3) is 0 Å². The lowest BCUT2D eigenvalue weighted by atomic mass is 9.96. The molecule has 0 bridgehead atoms. The summed E-state index contributed by atoms with van der Waals surface area (Å²) < 4.78 is 7.81. The zero-order valence-corrected chi connectivity index (χ0v) is 23.0. The van der Waals surface area contributed by atoms with Crippen LogP contribution in [-0.4, -0.2) is 41.0 Å². The lowest BCUT2D eigenvalue weighted by molar-refractivity contribution is 0.122. The molecule has 0 unspecified atom stereocenters. The number of aryl methyl sites for hydroxylation is 1. The van der Waals surface area contributed by atoms with Crippen LogP contribution >= 0.6 is 23.8 Å². The van der Waals surface area contributed by atoms with E-state index < -0.39 is 0 Å². The molecule has 2 fully saturated rings. The third-order valence-electron chi connectivity index (χ3n) is 7.48. The smallest absolute Gasteiger partial charge is 0.174 e. The van der Waals surface area contributed by atoms with Gasteiger partial charge in [0.05, 0.1) is 31.0 Å². The summed E-state index contributed by atoms with van der Waals surface area (Å²) in [5.41, 5.74) is 7.83. The minimum atomic E-state index is -0.0956. The van der Waals surface area contributed by atoms with Crippen molar-refractivity contribution in [2.45, 2.75) is 25.9 Å². The number of anilines is 2. The van der Waals surface area contributed by atoms with Gasteiger partial charge in [-0.3, -0.25) is 4.98 Å². The van der Waals surface area contributed by atoms with Gasteiger partial charge in [0, 0.05) is 52.8 Å². The van der Waals surface area contributed by atoms with Crippen LogP contribution in [0.15, 0.2) is 79.0 Å². The van der Waals surface area contributed by atoms with Gasteiger partial charge in [-0.2, -0.15) is 0 Å². The topological polar surface area (TPSA) is 45.6 Å². The van der Waals surface area contributed by atoms with Gasteiger partial charge < -0.3 is 24.4 Å². The summed E-state index contributed by atoms with van der Waals surface area (Å²) in [6.45, 7) is 7.66. The van der Waals surface area contributed by atoms with Gasteiger partial charge in [0.1, 0.15) is 0 Å². The van der Waals surface area contributed by atoms with Gasteiger partial charge in [-0.05, 0) is 98.4 Å². The van der Waals surface area contributed by atoms with E-state index >= 15 is 0 Å². The average molecular weight is 544 g/mol. The fourth-order valence-electron chi connectivity index (χ4n) is 5.67. The summed E-state index contributed by atoms with van der Waals surface area (Å²) in [5.74, 6) is 0. The van der Waals surface area contributed by atoms with Crippen LogP contribution in [0.5, 0.6) is 0 Å². The zero-order chi connectivity index (χ0) is 26.2. The molecule has 0 amide bonds. The number of thiocarbonyl (C=S) groups is 1. The van der Waals surface area contributed by atoms with Crippen LogP contribution in [0.3, 0.4) is 0 Å². The lowest BCUT2D eigenvalue weighted by Crippen LogP contribution is -2.36. The highest BCUT2D eigenvalue weighted by Gasteiger charge is 2.42. The molecule has 2 atom stereocenters. The first-order valence-corrected chi connectivity index (χ1v) is 13.7. The van der Waals surface area contributed by atoms with Gasteiger partial charge in [-0.1, -0.05) is 17.7 Å². The van der Waals surface area contributed by atoms with E-state index in [1.165, 1.54) is 11.3 Å². The van der Waals surface area contributed by atoms with Gasteiger partial charge in [-0.25, -0.2) is 0 Å². The molecule has 2 aliphatic rings. The van der Waals surface area contributed by atoms with E-state index in [9.17, 15) is 0 Å². The summed E-state index contributed by atoms with van der Waals surface area (Å²) in [7, 11) is 0. The van der Waals surface area contributed by atoms with Crippen LogP contribution < -0.4 is 15.1 Å². The van der Waals surface area contributed by atoms with Gasteiger partial charge in [0.2, 0.25) is 0 Å². The summed E-state index contributed by atoms with van der Waals surface area (Å²) in [4.78, 5) is 9.32. The molecule has 6 rings (SSSR count). The highest BCUT2D eigenvalue weighted by molar-refractivity contribution is 7.80. The fraction of sp³-hybridized carbons (Fsp3) is 0.267. The van der Waals surface area contributed by atoms with Gasteiger partial charge >= 0.3 is 0 Å². The fourth-order valence-corrected chi connectivity index (χ4v) is 6.14. The Kier molecular flexibility index (Phi) is 6.82. The Hall–Kier alpha value is -3.39. The van der Waals surface area contributed by atoms with Crippen molar-refractivity contribution in [2.24, 2.45) is 0 Å². The van der Waals surface area contributed by atoms with Crippen molar-refractivity contribution in [1.82, 2.24) is 14.9 Å². The highest BCUT2D eigenvalue weighted by atomic mass is 35.5. The largest absolute Gasteiger partial charge is 0.378 e. The Morgan fingerprint density at radius 3 is 2.29 bits per heavy atom. The predicted molar refractivity (Wildman–Crippen MR) is 158 cm³/mol. The second kappa shape index (κ2) is 10.4. The number of nitrogens with zero attached hydrogens (tertiary/aromatic N) is 4. The van der Waals surface area contributed by atoms with E-state index in [4.69, 9.17) is 33.5 Å². The number of halogens is 1. The first kappa shape index (κ1) is 24.9. The molecular weight excluding hydrogens is 514 g/mol. The van der Waals surface area contributed by atoms with E-state index in [0.717, 1.165) is 59.8 Å². The summed E-state index contributed by atoms with van der Waals surface area (Å²) in [6, 6.07) is 24.8. The van der Waals surface area contributed by atoms with E-state index in [2.05, 4.69) is 82.1 Å².